The lowest BCUT2D eigenvalue weighted by molar-refractivity contribution is 0.258. The first-order valence-corrected chi connectivity index (χ1v) is 10.4. The number of nitrogens with zero attached hydrogens (tertiary/aromatic N) is 3. The Morgan fingerprint density at radius 3 is 2.65 bits per heavy atom. The molecule has 0 spiro atoms. The highest BCUT2D eigenvalue weighted by molar-refractivity contribution is 6.31. The number of aromatic nitrogens is 2. The highest BCUT2D eigenvalue weighted by Gasteiger charge is 2.13. The molecule has 7 nitrogen and oxygen atoms in total. The van der Waals surface area contributed by atoms with E-state index in [-0.39, 0.29) is 5.02 Å². The molecule has 164 valence electrons. The summed E-state index contributed by atoms with van der Waals surface area (Å²) in [6, 6.07) is 7.99. The smallest absolute Gasteiger partial charge is 0.163 e. The Labute approximate surface area is 185 Å². The minimum Gasteiger partial charge on any atom is -0.490 e. The number of hydrogen-bond donors (Lipinski definition) is 2. The molecule has 3 rings (SSSR count). The van der Waals surface area contributed by atoms with Gasteiger partial charge in [0.25, 0.3) is 0 Å². The van der Waals surface area contributed by atoms with Crippen molar-refractivity contribution in [1.29, 1.82) is 5.41 Å². The molecule has 2 aromatic carbocycles. The van der Waals surface area contributed by atoms with Gasteiger partial charge >= 0.3 is 0 Å². The second-order valence-corrected chi connectivity index (χ2v) is 7.20. The molecular formula is C22H25ClFN5O2. The van der Waals surface area contributed by atoms with E-state index >= 15 is 0 Å². The van der Waals surface area contributed by atoms with E-state index in [1.807, 2.05) is 31.9 Å². The molecule has 0 radical (unpaired) electrons. The number of nitrogens with one attached hydrogen (secondary N) is 2. The first-order chi connectivity index (χ1) is 14.9. The monoisotopic (exact) mass is 445 g/mol. The lowest BCUT2D eigenvalue weighted by Crippen LogP contribution is -2.29. The number of anilines is 2. The molecule has 0 aliphatic carbocycles. The molecule has 0 saturated heterocycles. The van der Waals surface area contributed by atoms with Crippen molar-refractivity contribution in [3.05, 3.63) is 47.5 Å². The van der Waals surface area contributed by atoms with Crippen LogP contribution in [0.3, 0.4) is 0 Å². The molecule has 3 aromatic rings. The van der Waals surface area contributed by atoms with E-state index in [4.69, 9.17) is 26.5 Å². The minimum atomic E-state index is -0.488. The van der Waals surface area contributed by atoms with E-state index in [0.717, 1.165) is 5.39 Å². The Hall–Kier alpha value is -3.13. The molecule has 2 N–H and O–H groups in total. The van der Waals surface area contributed by atoms with Crippen molar-refractivity contribution < 1.29 is 13.9 Å². The van der Waals surface area contributed by atoms with Crippen molar-refractivity contribution in [2.75, 3.05) is 32.1 Å². The summed E-state index contributed by atoms with van der Waals surface area (Å²) in [4.78, 5) is 10.5. The molecule has 31 heavy (non-hydrogen) atoms. The number of amidine groups is 1. The first-order valence-electron chi connectivity index (χ1n) is 9.97. The average molecular weight is 446 g/mol. The van der Waals surface area contributed by atoms with Crippen LogP contribution in [0.1, 0.15) is 20.3 Å². The van der Waals surface area contributed by atoms with Crippen LogP contribution < -0.4 is 14.8 Å². The summed E-state index contributed by atoms with van der Waals surface area (Å²) in [7, 11) is 1.86. The quantitative estimate of drug-likeness (QED) is 0.345. The van der Waals surface area contributed by atoms with Crippen molar-refractivity contribution in [1.82, 2.24) is 14.9 Å². The molecule has 0 amide bonds. The Bertz CT molecular complexity index is 1080. The molecule has 1 heterocycles. The topological polar surface area (TPSA) is 83.4 Å². The van der Waals surface area contributed by atoms with Crippen molar-refractivity contribution in [2.45, 2.75) is 20.3 Å². The molecular weight excluding hydrogens is 421 g/mol. The Kier molecular flexibility index (Phi) is 7.46. The van der Waals surface area contributed by atoms with Gasteiger partial charge in [0, 0.05) is 30.6 Å². The third-order valence-corrected chi connectivity index (χ3v) is 4.95. The summed E-state index contributed by atoms with van der Waals surface area (Å²) in [6.45, 7) is 5.27. The molecule has 0 unspecified atom stereocenters. The van der Waals surface area contributed by atoms with Crippen LogP contribution in [0.2, 0.25) is 5.02 Å². The van der Waals surface area contributed by atoms with E-state index in [0.29, 0.717) is 60.5 Å². The number of ether oxygens (including phenoxy) is 2. The van der Waals surface area contributed by atoms with Gasteiger partial charge in [-0.1, -0.05) is 18.5 Å². The number of fused-ring (bicyclic) bond motifs is 1. The van der Waals surface area contributed by atoms with Gasteiger partial charge < -0.3 is 19.7 Å². The summed E-state index contributed by atoms with van der Waals surface area (Å²) in [6.07, 6.45) is 2.10. The van der Waals surface area contributed by atoms with Gasteiger partial charge in [-0.05, 0) is 31.2 Å². The number of likely N-dealkylation sites (N-methyl/N-ethyl adjacent to an activating group) is 1. The second kappa shape index (κ2) is 10.3. The second-order valence-electron chi connectivity index (χ2n) is 6.80. The van der Waals surface area contributed by atoms with Crippen molar-refractivity contribution in [2.24, 2.45) is 0 Å². The fraction of sp³-hybridized carbons (Fsp3) is 0.318. The van der Waals surface area contributed by atoms with Crippen LogP contribution >= 0.6 is 11.6 Å². The maximum atomic E-state index is 13.5. The van der Waals surface area contributed by atoms with Crippen LogP contribution in [0, 0.1) is 11.2 Å². The van der Waals surface area contributed by atoms with Gasteiger partial charge in [-0.25, -0.2) is 14.4 Å². The van der Waals surface area contributed by atoms with Gasteiger partial charge in [-0.2, -0.15) is 0 Å². The number of benzene rings is 2. The van der Waals surface area contributed by atoms with Gasteiger partial charge in [0.1, 0.15) is 24.6 Å². The SMILES string of the molecule is CCOc1cc2ncnc(Nc3ccc(F)c(Cl)c3)c2cc1OCCN(C)C(=N)CC. The number of halogens is 2. The van der Waals surface area contributed by atoms with Crippen molar-refractivity contribution in [3.63, 3.8) is 0 Å². The fourth-order valence-electron chi connectivity index (χ4n) is 2.95. The maximum Gasteiger partial charge on any atom is 0.163 e. The lowest BCUT2D eigenvalue weighted by atomic mass is 10.2. The number of hydrogen-bond acceptors (Lipinski definition) is 6. The first kappa shape index (κ1) is 22.6. The van der Waals surface area contributed by atoms with Gasteiger partial charge in [0.2, 0.25) is 0 Å². The Balaban J connectivity index is 1.89. The molecule has 0 saturated carbocycles. The van der Waals surface area contributed by atoms with E-state index in [1.165, 1.54) is 18.5 Å². The summed E-state index contributed by atoms with van der Waals surface area (Å²) in [5, 5.41) is 11.8. The van der Waals surface area contributed by atoms with E-state index < -0.39 is 5.82 Å². The highest BCUT2D eigenvalue weighted by atomic mass is 35.5. The zero-order valence-corrected chi connectivity index (χ0v) is 18.5. The van der Waals surface area contributed by atoms with Crippen LogP contribution in [-0.2, 0) is 0 Å². The lowest BCUT2D eigenvalue weighted by Gasteiger charge is -2.20. The largest absolute Gasteiger partial charge is 0.490 e. The predicted octanol–water partition coefficient (Wildman–Crippen LogP) is 5.26. The standard InChI is InChI=1S/C22H25ClFN5O2/c1-4-21(25)29(3)8-9-31-19-11-15-18(12-20(19)30-5-2)26-13-27-22(15)28-14-6-7-17(24)16(23)10-14/h6-7,10-13,25H,4-5,8-9H2,1-3H3,(H,26,27,28). The molecule has 0 aliphatic heterocycles. The summed E-state index contributed by atoms with van der Waals surface area (Å²) >= 11 is 5.89. The molecule has 0 aliphatic rings. The molecule has 1 aromatic heterocycles. The maximum absolute atomic E-state index is 13.5. The highest BCUT2D eigenvalue weighted by Crippen LogP contribution is 2.35. The van der Waals surface area contributed by atoms with Gasteiger partial charge in [-0.3, -0.25) is 5.41 Å². The molecule has 0 fully saturated rings. The summed E-state index contributed by atoms with van der Waals surface area (Å²) in [5.41, 5.74) is 1.27. The average Bonchev–Trinajstić information content (AvgIpc) is 2.76. The third kappa shape index (κ3) is 5.52. The summed E-state index contributed by atoms with van der Waals surface area (Å²) in [5.74, 6) is 1.73. The van der Waals surface area contributed by atoms with E-state index in [9.17, 15) is 4.39 Å². The Morgan fingerprint density at radius 1 is 1.16 bits per heavy atom. The zero-order chi connectivity index (χ0) is 22.4. The van der Waals surface area contributed by atoms with Crippen molar-refractivity contribution in [3.8, 4) is 11.5 Å². The summed E-state index contributed by atoms with van der Waals surface area (Å²) < 4.78 is 25.2. The van der Waals surface area contributed by atoms with Crippen LogP contribution in [-0.4, -0.2) is 47.5 Å². The zero-order valence-electron chi connectivity index (χ0n) is 17.7. The van der Waals surface area contributed by atoms with Crippen LogP contribution in [0.5, 0.6) is 11.5 Å². The molecule has 0 atom stereocenters. The van der Waals surface area contributed by atoms with Gasteiger partial charge in [0.05, 0.1) is 29.5 Å². The van der Waals surface area contributed by atoms with Gasteiger partial charge in [0.15, 0.2) is 11.5 Å². The van der Waals surface area contributed by atoms with E-state index in [1.54, 1.807) is 12.1 Å². The van der Waals surface area contributed by atoms with Crippen molar-refractivity contribution >= 4 is 39.8 Å². The van der Waals surface area contributed by atoms with Crippen LogP contribution in [0.25, 0.3) is 10.9 Å². The molecule has 9 heteroatoms. The molecule has 0 bridgehead atoms. The predicted molar refractivity (Wildman–Crippen MR) is 122 cm³/mol. The third-order valence-electron chi connectivity index (χ3n) is 4.66. The normalized spacial score (nSPS) is 10.7. The fourth-order valence-corrected chi connectivity index (χ4v) is 3.13. The van der Waals surface area contributed by atoms with Crippen LogP contribution in [0.4, 0.5) is 15.9 Å². The number of rotatable bonds is 9. The Morgan fingerprint density at radius 2 is 1.94 bits per heavy atom. The van der Waals surface area contributed by atoms with Gasteiger partial charge in [-0.15, -0.1) is 0 Å². The minimum absolute atomic E-state index is 0.0211. The van der Waals surface area contributed by atoms with Crippen LogP contribution in [0.15, 0.2) is 36.7 Å². The van der Waals surface area contributed by atoms with E-state index in [2.05, 4.69) is 15.3 Å².